The number of ketones is 1. The number of hydrogen-bond donors (Lipinski definition) is 0. The molecule has 1 aliphatic rings. The molecule has 1 aliphatic carbocycles. The van der Waals surface area contributed by atoms with Crippen molar-refractivity contribution in [1.82, 2.24) is 0 Å². The fraction of sp³-hybridized carbons (Fsp3) is 0.333. The smallest absolute Gasteiger partial charge is 0.139 e. The number of hydrogen-bond acceptors (Lipinski definition) is 2. The van der Waals surface area contributed by atoms with Crippen molar-refractivity contribution in [2.75, 3.05) is 0 Å². The molecule has 0 amide bonds. The van der Waals surface area contributed by atoms with Gasteiger partial charge in [0.05, 0.1) is 0 Å². The van der Waals surface area contributed by atoms with Gasteiger partial charge in [0, 0.05) is 39.6 Å². The van der Waals surface area contributed by atoms with E-state index < -0.39 is 0 Å². The quantitative estimate of drug-likeness (QED) is 0.661. The molecule has 2 nitrogen and oxygen atoms in total. The maximum Gasteiger partial charge on any atom is 0.139 e. The van der Waals surface area contributed by atoms with Gasteiger partial charge >= 0.3 is 0 Å². The van der Waals surface area contributed by atoms with E-state index in [1.807, 2.05) is 50.2 Å². The Labute approximate surface area is 158 Å². The van der Waals surface area contributed by atoms with Crippen LogP contribution in [0, 0.1) is 17.8 Å². The molecule has 130 valence electrons. The Bertz CT molecular complexity index is 740. The van der Waals surface area contributed by atoms with Crippen molar-refractivity contribution < 1.29 is 9.59 Å². The van der Waals surface area contributed by atoms with Crippen LogP contribution >= 0.6 is 23.2 Å². The first-order chi connectivity index (χ1) is 12.0. The third-order valence-electron chi connectivity index (χ3n) is 5.49. The number of rotatable bonds is 3. The van der Waals surface area contributed by atoms with Gasteiger partial charge in [0.15, 0.2) is 0 Å². The molecule has 0 spiro atoms. The van der Waals surface area contributed by atoms with Crippen LogP contribution in [0.25, 0.3) is 0 Å². The van der Waals surface area contributed by atoms with Crippen molar-refractivity contribution in [1.29, 1.82) is 0 Å². The second-order valence-electron chi connectivity index (χ2n) is 6.79. The number of carbonyl (C=O) groups excluding carboxylic acids is 2. The monoisotopic (exact) mass is 374 g/mol. The highest BCUT2D eigenvalue weighted by Crippen LogP contribution is 2.51. The van der Waals surface area contributed by atoms with Crippen LogP contribution in [-0.2, 0) is 9.59 Å². The zero-order valence-electron chi connectivity index (χ0n) is 14.2. The normalized spacial score (nSPS) is 29.4. The van der Waals surface area contributed by atoms with Crippen molar-refractivity contribution in [3.63, 3.8) is 0 Å². The Balaban J connectivity index is 2.16. The summed E-state index contributed by atoms with van der Waals surface area (Å²) < 4.78 is 0. The van der Waals surface area contributed by atoms with Gasteiger partial charge in [0.1, 0.15) is 12.1 Å². The van der Waals surface area contributed by atoms with Crippen LogP contribution in [0.2, 0.25) is 10.0 Å². The minimum Gasteiger partial charge on any atom is -0.303 e. The maximum atomic E-state index is 13.0. The summed E-state index contributed by atoms with van der Waals surface area (Å²) >= 11 is 12.8. The summed E-state index contributed by atoms with van der Waals surface area (Å²) in [6.45, 7) is 3.79. The van der Waals surface area contributed by atoms with Gasteiger partial charge in [0.2, 0.25) is 0 Å². The molecule has 4 unspecified atom stereocenters. The lowest BCUT2D eigenvalue weighted by Crippen LogP contribution is -2.43. The van der Waals surface area contributed by atoms with E-state index in [4.69, 9.17) is 23.2 Å². The summed E-state index contributed by atoms with van der Waals surface area (Å²) in [7, 11) is 0. The molecule has 2 aromatic carbocycles. The van der Waals surface area contributed by atoms with Gasteiger partial charge in [-0.25, -0.2) is 0 Å². The average molecular weight is 375 g/mol. The molecule has 1 saturated carbocycles. The summed E-state index contributed by atoms with van der Waals surface area (Å²) in [6.07, 6.45) is 0.974. The van der Waals surface area contributed by atoms with E-state index in [0.717, 1.165) is 17.4 Å². The summed E-state index contributed by atoms with van der Waals surface area (Å²) in [5, 5.41) is 1.18. The molecule has 2 aromatic rings. The van der Waals surface area contributed by atoms with Gasteiger partial charge in [-0.05, 0) is 23.3 Å². The zero-order valence-corrected chi connectivity index (χ0v) is 15.7. The molecule has 0 N–H and O–H groups in total. The highest BCUT2D eigenvalue weighted by atomic mass is 35.5. The predicted molar refractivity (Wildman–Crippen MR) is 101 cm³/mol. The number of aldehydes is 1. The first-order valence-electron chi connectivity index (χ1n) is 8.45. The molecule has 25 heavy (non-hydrogen) atoms. The molecule has 0 aromatic heterocycles. The van der Waals surface area contributed by atoms with E-state index in [1.54, 1.807) is 12.1 Å². The first kappa shape index (κ1) is 18.2. The van der Waals surface area contributed by atoms with Crippen LogP contribution in [0.4, 0.5) is 0 Å². The van der Waals surface area contributed by atoms with Gasteiger partial charge in [-0.2, -0.15) is 0 Å². The summed E-state index contributed by atoms with van der Waals surface area (Å²) in [5.74, 6) is -1.27. The number of carbonyl (C=O) groups is 2. The Morgan fingerprint density at radius 3 is 1.56 bits per heavy atom. The van der Waals surface area contributed by atoms with Gasteiger partial charge in [0.25, 0.3) is 0 Å². The Morgan fingerprint density at radius 1 is 0.800 bits per heavy atom. The number of benzene rings is 2. The van der Waals surface area contributed by atoms with Crippen molar-refractivity contribution in [2.24, 2.45) is 17.8 Å². The molecule has 4 heteroatoms. The third kappa shape index (κ3) is 3.14. The molecule has 1 fully saturated rings. The Morgan fingerprint density at radius 2 is 1.20 bits per heavy atom. The van der Waals surface area contributed by atoms with Crippen molar-refractivity contribution >= 4 is 35.3 Å². The standard InChI is InChI=1S/C21H20Cl2O2/c1-12-19(14-7-3-5-9-17(14)22)16(11-24)20(13(2)21(12)25)15-8-4-6-10-18(15)23/h3-13,16,19-20H,1-2H3. The van der Waals surface area contributed by atoms with E-state index in [-0.39, 0.29) is 35.4 Å². The second-order valence-corrected chi connectivity index (χ2v) is 7.60. The molecule has 0 saturated heterocycles. The van der Waals surface area contributed by atoms with Crippen molar-refractivity contribution in [3.8, 4) is 0 Å². The van der Waals surface area contributed by atoms with Gasteiger partial charge in [-0.15, -0.1) is 0 Å². The largest absolute Gasteiger partial charge is 0.303 e. The topological polar surface area (TPSA) is 34.1 Å². The van der Waals surface area contributed by atoms with Crippen LogP contribution in [-0.4, -0.2) is 12.1 Å². The highest BCUT2D eigenvalue weighted by molar-refractivity contribution is 6.31. The van der Waals surface area contributed by atoms with Crippen LogP contribution < -0.4 is 0 Å². The molecule has 0 radical (unpaired) electrons. The van der Waals surface area contributed by atoms with E-state index in [1.165, 1.54) is 0 Å². The first-order valence-corrected chi connectivity index (χ1v) is 9.20. The fourth-order valence-corrected chi connectivity index (χ4v) is 4.80. The van der Waals surface area contributed by atoms with E-state index in [9.17, 15) is 9.59 Å². The summed E-state index contributed by atoms with van der Waals surface area (Å²) in [5.41, 5.74) is 1.71. The lowest BCUT2D eigenvalue weighted by molar-refractivity contribution is -0.133. The van der Waals surface area contributed by atoms with Crippen LogP contribution in [0.5, 0.6) is 0 Å². The predicted octanol–water partition coefficient (Wildman–Crippen LogP) is 5.53. The van der Waals surface area contributed by atoms with E-state index in [2.05, 4.69) is 0 Å². The van der Waals surface area contributed by atoms with Crippen molar-refractivity contribution in [2.45, 2.75) is 25.7 Å². The van der Waals surface area contributed by atoms with Gasteiger partial charge in [-0.3, -0.25) is 4.79 Å². The lowest BCUT2D eigenvalue weighted by Gasteiger charge is -2.43. The van der Waals surface area contributed by atoms with Gasteiger partial charge < -0.3 is 4.79 Å². The molecular formula is C21H20Cl2O2. The summed E-state index contributed by atoms with van der Waals surface area (Å²) in [6, 6.07) is 14.9. The molecule has 4 atom stereocenters. The molecule has 0 aliphatic heterocycles. The SMILES string of the molecule is CC1C(=O)C(C)C(c2ccccc2Cl)C(C=O)C1c1ccccc1Cl. The van der Waals surface area contributed by atoms with E-state index in [0.29, 0.717) is 10.0 Å². The van der Waals surface area contributed by atoms with Crippen molar-refractivity contribution in [3.05, 3.63) is 69.7 Å². The molecular weight excluding hydrogens is 355 g/mol. The summed E-state index contributed by atoms with van der Waals surface area (Å²) in [4.78, 5) is 25.1. The van der Waals surface area contributed by atoms with Crippen LogP contribution in [0.1, 0.15) is 36.8 Å². The highest BCUT2D eigenvalue weighted by Gasteiger charge is 2.48. The molecule has 3 rings (SSSR count). The maximum absolute atomic E-state index is 13.0. The molecule has 0 heterocycles. The number of Topliss-reactive ketones (excluding diaryl/α,β-unsaturated/α-hetero) is 1. The van der Waals surface area contributed by atoms with Crippen LogP contribution in [0.3, 0.4) is 0 Å². The molecule has 0 bridgehead atoms. The Hall–Kier alpha value is -1.64. The zero-order chi connectivity index (χ0) is 18.1. The minimum atomic E-state index is -0.359. The van der Waals surface area contributed by atoms with Crippen LogP contribution in [0.15, 0.2) is 48.5 Å². The Kier molecular flexibility index (Phi) is 5.31. The lowest BCUT2D eigenvalue weighted by atomic mass is 9.59. The van der Waals surface area contributed by atoms with E-state index >= 15 is 0 Å². The second kappa shape index (κ2) is 7.31. The fourth-order valence-electron chi connectivity index (χ4n) is 4.27. The van der Waals surface area contributed by atoms with Gasteiger partial charge in [-0.1, -0.05) is 73.4 Å². The third-order valence-corrected chi connectivity index (χ3v) is 6.18. The number of halogens is 2. The average Bonchev–Trinajstić information content (AvgIpc) is 2.61. The minimum absolute atomic E-state index is 0.146.